The van der Waals surface area contributed by atoms with Gasteiger partial charge in [0.1, 0.15) is 10.1 Å². The van der Waals surface area contributed by atoms with Gasteiger partial charge < -0.3 is 4.55 Å². The summed E-state index contributed by atoms with van der Waals surface area (Å²) in [6.45, 7) is 0. The van der Waals surface area contributed by atoms with Crippen LogP contribution in [0.25, 0.3) is 0 Å². The van der Waals surface area contributed by atoms with Crippen LogP contribution in [0.3, 0.4) is 0 Å². The summed E-state index contributed by atoms with van der Waals surface area (Å²) in [6.07, 6.45) is 6.81. The first-order valence-corrected chi connectivity index (χ1v) is 6.05. The van der Waals surface area contributed by atoms with E-state index in [1.54, 1.807) is 6.08 Å². The molecule has 6 heteroatoms. The van der Waals surface area contributed by atoms with Crippen LogP contribution in [0.5, 0.6) is 0 Å². The fraction of sp³-hybridized carbons (Fsp3) is 0.300. The van der Waals surface area contributed by atoms with Crippen LogP contribution >= 0.6 is 0 Å². The van der Waals surface area contributed by atoms with E-state index in [1.807, 2.05) is 0 Å². The number of hydrogen-bond donors (Lipinski definition) is 0. The quantitative estimate of drug-likeness (QED) is 0.386. The largest absolute Gasteiger partial charge is 1.00 e. The van der Waals surface area contributed by atoms with Gasteiger partial charge in [-0.25, -0.2) is 8.42 Å². The molecule has 2 rings (SSSR count). The van der Waals surface area contributed by atoms with Crippen LogP contribution < -0.4 is 29.6 Å². The Balaban J connectivity index is 0.00000128. The van der Waals surface area contributed by atoms with E-state index in [2.05, 4.69) is 0 Å². The zero-order chi connectivity index (χ0) is 11.1. The number of rotatable bonds is 1. The van der Waals surface area contributed by atoms with Gasteiger partial charge in [-0.05, 0) is 24.5 Å². The normalized spacial score (nSPS) is 24.1. The van der Waals surface area contributed by atoms with E-state index in [4.69, 9.17) is 0 Å². The Morgan fingerprint density at radius 1 is 1.38 bits per heavy atom. The van der Waals surface area contributed by atoms with Gasteiger partial charge in [0.15, 0.2) is 5.78 Å². The molecule has 0 aliphatic heterocycles. The molecule has 1 atom stereocenters. The molecule has 0 aromatic carbocycles. The molecule has 2 aliphatic rings. The molecule has 0 aromatic heterocycles. The zero-order valence-electron chi connectivity index (χ0n) is 8.84. The molecule has 0 saturated heterocycles. The van der Waals surface area contributed by atoms with Crippen molar-refractivity contribution in [3.05, 3.63) is 35.5 Å². The van der Waals surface area contributed by atoms with E-state index in [-0.39, 0.29) is 41.8 Å². The van der Waals surface area contributed by atoms with Gasteiger partial charge in [0, 0.05) is 5.57 Å². The molecule has 0 radical (unpaired) electrons. The molecule has 0 N–H and O–H groups in total. The maximum absolute atomic E-state index is 11.4. The molecule has 80 valence electrons. The Morgan fingerprint density at radius 3 is 2.69 bits per heavy atom. The fourth-order valence-corrected chi connectivity index (χ4v) is 2.84. The topological polar surface area (TPSA) is 74.3 Å². The molecular formula is C10H9NaO4S. The van der Waals surface area contributed by atoms with Gasteiger partial charge in [-0.2, -0.15) is 0 Å². The van der Waals surface area contributed by atoms with Crippen LogP contribution in [-0.4, -0.2) is 24.0 Å². The summed E-state index contributed by atoms with van der Waals surface area (Å²) in [4.78, 5) is 11.4. The Morgan fingerprint density at radius 2 is 2.06 bits per heavy atom. The van der Waals surface area contributed by atoms with Crippen molar-refractivity contribution in [3.8, 4) is 0 Å². The summed E-state index contributed by atoms with van der Waals surface area (Å²) in [5.74, 6) is -0.221. The van der Waals surface area contributed by atoms with Gasteiger partial charge in [-0.15, -0.1) is 0 Å². The van der Waals surface area contributed by atoms with Crippen LogP contribution in [-0.2, 0) is 14.9 Å². The summed E-state index contributed by atoms with van der Waals surface area (Å²) in [5.41, 5.74) is 0.719. The zero-order valence-corrected chi connectivity index (χ0v) is 11.7. The van der Waals surface area contributed by atoms with Crippen molar-refractivity contribution < 1.29 is 47.3 Å². The molecule has 16 heavy (non-hydrogen) atoms. The maximum atomic E-state index is 11.4. The van der Waals surface area contributed by atoms with Crippen LogP contribution in [0.1, 0.15) is 12.8 Å². The van der Waals surface area contributed by atoms with E-state index >= 15 is 0 Å². The summed E-state index contributed by atoms with van der Waals surface area (Å²) in [7, 11) is -4.36. The van der Waals surface area contributed by atoms with E-state index < -0.39 is 15.4 Å². The second-order valence-corrected chi connectivity index (χ2v) is 5.08. The van der Waals surface area contributed by atoms with Crippen molar-refractivity contribution in [1.29, 1.82) is 0 Å². The summed E-state index contributed by atoms with van der Waals surface area (Å²) in [6, 6.07) is 0. The number of ketones is 1. The first-order chi connectivity index (χ1) is 7.00. The Bertz CT molecular complexity index is 499. The van der Waals surface area contributed by atoms with Crippen molar-refractivity contribution in [2.45, 2.75) is 18.1 Å². The van der Waals surface area contributed by atoms with Gasteiger partial charge in [0.2, 0.25) is 0 Å². The maximum Gasteiger partial charge on any atom is 1.00 e. The monoisotopic (exact) mass is 248 g/mol. The van der Waals surface area contributed by atoms with Crippen molar-refractivity contribution >= 4 is 15.9 Å². The van der Waals surface area contributed by atoms with Crippen LogP contribution in [0.4, 0.5) is 0 Å². The number of allylic oxidation sites excluding steroid dienone is 5. The number of fused-ring (bicyclic) bond motifs is 1. The minimum atomic E-state index is -4.36. The van der Waals surface area contributed by atoms with Crippen molar-refractivity contribution in [3.63, 3.8) is 0 Å². The minimum absolute atomic E-state index is 0. The van der Waals surface area contributed by atoms with Crippen molar-refractivity contribution in [2.75, 3.05) is 0 Å². The van der Waals surface area contributed by atoms with Crippen molar-refractivity contribution in [1.82, 2.24) is 0 Å². The number of carbonyl (C=O) groups is 1. The number of hydrogen-bond acceptors (Lipinski definition) is 4. The van der Waals surface area contributed by atoms with Crippen molar-refractivity contribution in [2.24, 2.45) is 0 Å². The molecular weight excluding hydrogens is 239 g/mol. The molecule has 0 amide bonds. The fourth-order valence-electron chi connectivity index (χ4n) is 1.89. The Kier molecular flexibility index (Phi) is 4.31. The third-order valence-corrected chi connectivity index (χ3v) is 3.76. The smallest absolute Gasteiger partial charge is 0.747 e. The molecule has 0 bridgehead atoms. The minimum Gasteiger partial charge on any atom is -0.747 e. The van der Waals surface area contributed by atoms with Gasteiger partial charge >= 0.3 is 29.6 Å². The SMILES string of the molecule is O=C1C=CC=C2C1=CCCC2S(=O)(=O)[O-].[Na+]. The van der Waals surface area contributed by atoms with E-state index in [9.17, 15) is 17.8 Å². The standard InChI is InChI=1S/C10H10O4S.Na/c11-9-5-1-4-8-7(9)3-2-6-10(8)15(12,13)14;/h1,3-5,10H,2,6H2,(H,12,13,14);/q;+1/p-1. The van der Waals surface area contributed by atoms with Gasteiger partial charge in [0.05, 0.1) is 5.25 Å². The van der Waals surface area contributed by atoms with E-state index in [0.717, 1.165) is 0 Å². The third kappa shape index (κ3) is 2.55. The summed E-state index contributed by atoms with van der Waals surface area (Å²) >= 11 is 0. The average molecular weight is 248 g/mol. The molecule has 0 aromatic rings. The van der Waals surface area contributed by atoms with Gasteiger partial charge in [-0.1, -0.05) is 18.2 Å². The van der Waals surface area contributed by atoms with Gasteiger partial charge in [0.25, 0.3) is 0 Å². The Labute approximate surface area is 116 Å². The summed E-state index contributed by atoms with van der Waals surface area (Å²) in [5, 5.41) is -1.06. The molecule has 0 heterocycles. The molecule has 0 saturated carbocycles. The number of carbonyl (C=O) groups excluding carboxylic acids is 1. The van der Waals surface area contributed by atoms with Crippen LogP contribution in [0.15, 0.2) is 35.5 Å². The Hall–Kier alpha value is -0.200. The molecule has 0 spiro atoms. The van der Waals surface area contributed by atoms with Gasteiger partial charge in [-0.3, -0.25) is 4.79 Å². The predicted molar refractivity (Wildman–Crippen MR) is 53.0 cm³/mol. The van der Waals surface area contributed by atoms with Crippen LogP contribution in [0, 0.1) is 0 Å². The first kappa shape index (κ1) is 13.9. The molecule has 2 aliphatic carbocycles. The summed E-state index contributed by atoms with van der Waals surface area (Å²) < 4.78 is 33.0. The average Bonchev–Trinajstić information content (AvgIpc) is 2.16. The first-order valence-electron chi connectivity index (χ1n) is 4.58. The van der Waals surface area contributed by atoms with E-state index in [1.165, 1.54) is 18.2 Å². The van der Waals surface area contributed by atoms with E-state index in [0.29, 0.717) is 17.6 Å². The second kappa shape index (κ2) is 4.98. The third-order valence-electron chi connectivity index (χ3n) is 2.57. The van der Waals surface area contributed by atoms with Crippen LogP contribution in [0.2, 0.25) is 0 Å². The predicted octanol–water partition coefficient (Wildman–Crippen LogP) is -2.31. The molecule has 4 nitrogen and oxygen atoms in total. The second-order valence-electron chi connectivity index (χ2n) is 3.52. The molecule has 0 fully saturated rings. The molecule has 1 unspecified atom stereocenters.